The van der Waals surface area contributed by atoms with Gasteiger partial charge in [-0.3, -0.25) is 0 Å². The molecule has 0 aromatic heterocycles. The second-order valence-corrected chi connectivity index (χ2v) is 3.87. The molecule has 1 N–H and O–H groups in total. The van der Waals surface area contributed by atoms with E-state index in [0.29, 0.717) is 0 Å². The van der Waals surface area contributed by atoms with Crippen molar-refractivity contribution in [3.63, 3.8) is 0 Å². The van der Waals surface area contributed by atoms with Crippen molar-refractivity contribution in [2.45, 2.75) is 6.92 Å². The molecule has 1 rings (SSSR count). The molecule has 0 spiro atoms. The Morgan fingerprint density at radius 3 is 3.00 bits per heavy atom. The van der Waals surface area contributed by atoms with Crippen molar-refractivity contribution in [1.29, 1.82) is 0 Å². The zero-order valence-electron chi connectivity index (χ0n) is 7.35. The Bertz CT molecular complexity index is 310. The van der Waals surface area contributed by atoms with Gasteiger partial charge in [-0.05, 0) is 24.6 Å². The maximum atomic E-state index is 5.41. The fraction of sp³-hybridized carbons (Fsp3) is 0.200. The molecule has 0 radical (unpaired) electrons. The molecule has 0 saturated heterocycles. The minimum Gasteiger partial charge on any atom is -0.381 e. The van der Waals surface area contributed by atoms with E-state index in [4.69, 9.17) is 11.6 Å². The topological polar surface area (TPSA) is 12.0 Å². The minimum absolute atomic E-state index is 0.751. The number of benzene rings is 1. The molecule has 13 heavy (non-hydrogen) atoms. The molecule has 3 heteroatoms. The summed E-state index contributed by atoms with van der Waals surface area (Å²) < 4.78 is 1.08. The van der Waals surface area contributed by atoms with E-state index < -0.39 is 0 Å². The van der Waals surface area contributed by atoms with Crippen molar-refractivity contribution in [2.24, 2.45) is 0 Å². The van der Waals surface area contributed by atoms with Gasteiger partial charge in [-0.1, -0.05) is 39.7 Å². The Hall–Kier alpha value is -0.470. The van der Waals surface area contributed by atoms with E-state index in [2.05, 4.69) is 40.3 Å². The number of rotatable bonds is 3. The van der Waals surface area contributed by atoms with Gasteiger partial charge in [0.25, 0.3) is 0 Å². The van der Waals surface area contributed by atoms with Crippen LogP contribution < -0.4 is 5.32 Å². The van der Waals surface area contributed by atoms with Crippen LogP contribution in [0.5, 0.6) is 0 Å². The van der Waals surface area contributed by atoms with Gasteiger partial charge in [0.1, 0.15) is 0 Å². The number of anilines is 1. The summed E-state index contributed by atoms with van der Waals surface area (Å²) in [5.74, 6) is 0. The van der Waals surface area contributed by atoms with Crippen LogP contribution in [0.25, 0.3) is 0 Å². The highest BCUT2D eigenvalue weighted by atomic mass is 79.9. The average molecular weight is 261 g/mol. The number of nitrogens with one attached hydrogen (secondary N) is 1. The monoisotopic (exact) mass is 259 g/mol. The molecule has 0 atom stereocenters. The lowest BCUT2D eigenvalue weighted by atomic mass is 10.2. The van der Waals surface area contributed by atoms with Crippen LogP contribution in [0.1, 0.15) is 5.56 Å². The molecular formula is C10H11BrClN. The molecule has 70 valence electrons. The van der Waals surface area contributed by atoms with Crippen molar-refractivity contribution in [3.05, 3.63) is 39.8 Å². The molecule has 0 bridgehead atoms. The van der Waals surface area contributed by atoms with Gasteiger partial charge in [0, 0.05) is 22.2 Å². The number of hydrogen-bond acceptors (Lipinski definition) is 1. The second-order valence-electron chi connectivity index (χ2n) is 2.70. The van der Waals surface area contributed by atoms with Gasteiger partial charge < -0.3 is 5.32 Å². The third-order valence-electron chi connectivity index (χ3n) is 1.70. The maximum Gasteiger partial charge on any atom is 0.0383 e. The van der Waals surface area contributed by atoms with Crippen molar-refractivity contribution < 1.29 is 0 Å². The first-order valence-electron chi connectivity index (χ1n) is 3.99. The van der Waals surface area contributed by atoms with Gasteiger partial charge >= 0.3 is 0 Å². The van der Waals surface area contributed by atoms with E-state index in [1.165, 1.54) is 11.1 Å². The van der Waals surface area contributed by atoms with Crippen LogP contribution in [0.4, 0.5) is 5.69 Å². The molecule has 0 unspecified atom stereocenters. The van der Waals surface area contributed by atoms with Crippen molar-refractivity contribution in [1.82, 2.24) is 0 Å². The first-order chi connectivity index (χ1) is 6.24. The third-order valence-corrected chi connectivity index (χ3v) is 2.37. The average Bonchev–Trinajstić information content (AvgIpc) is 2.11. The van der Waals surface area contributed by atoms with Crippen molar-refractivity contribution in [2.75, 3.05) is 11.9 Å². The Kier molecular flexibility index (Phi) is 4.33. The number of halogens is 2. The molecule has 0 heterocycles. The summed E-state index contributed by atoms with van der Waals surface area (Å²) in [6, 6.07) is 6.14. The lowest BCUT2D eigenvalue weighted by molar-refractivity contribution is 1.30. The largest absolute Gasteiger partial charge is 0.381 e. The standard InChI is InChI=1S/C10H11BrClN/c1-8-3-4-9(11)7-10(8)13-6-2-5-12/h2-5,7,13H,6H2,1H3/b5-2+. The Morgan fingerprint density at radius 2 is 2.31 bits per heavy atom. The van der Waals surface area contributed by atoms with Crippen molar-refractivity contribution in [3.8, 4) is 0 Å². The number of aryl methyl sites for hydroxylation is 1. The Morgan fingerprint density at radius 1 is 1.54 bits per heavy atom. The maximum absolute atomic E-state index is 5.41. The third kappa shape index (κ3) is 3.41. The lowest BCUT2D eigenvalue weighted by Gasteiger charge is -2.07. The molecule has 0 saturated carbocycles. The second kappa shape index (κ2) is 5.30. The fourth-order valence-electron chi connectivity index (χ4n) is 0.998. The van der Waals surface area contributed by atoms with E-state index in [1.807, 2.05) is 12.1 Å². The van der Waals surface area contributed by atoms with Gasteiger partial charge in [0.15, 0.2) is 0 Å². The normalized spacial score (nSPS) is 10.7. The van der Waals surface area contributed by atoms with Gasteiger partial charge in [-0.25, -0.2) is 0 Å². The van der Waals surface area contributed by atoms with Crippen LogP contribution in [-0.4, -0.2) is 6.54 Å². The summed E-state index contributed by atoms with van der Waals surface area (Å²) in [5, 5.41) is 3.25. The van der Waals surface area contributed by atoms with Gasteiger partial charge in [0.05, 0.1) is 0 Å². The molecule has 0 aliphatic rings. The summed E-state index contributed by atoms with van der Waals surface area (Å²) in [6.45, 7) is 2.82. The summed E-state index contributed by atoms with van der Waals surface area (Å²) >= 11 is 8.83. The van der Waals surface area contributed by atoms with Crippen LogP contribution in [0.3, 0.4) is 0 Å². The fourth-order valence-corrected chi connectivity index (χ4v) is 1.45. The molecule has 0 amide bonds. The summed E-state index contributed by atoms with van der Waals surface area (Å²) in [5.41, 5.74) is 3.87. The van der Waals surface area contributed by atoms with Crippen LogP contribution >= 0.6 is 27.5 Å². The zero-order valence-corrected chi connectivity index (χ0v) is 9.69. The van der Waals surface area contributed by atoms with Crippen molar-refractivity contribution >= 4 is 33.2 Å². The molecule has 0 aliphatic carbocycles. The highest BCUT2D eigenvalue weighted by Gasteiger charge is 1.96. The van der Waals surface area contributed by atoms with Crippen LogP contribution in [0, 0.1) is 6.92 Å². The van der Waals surface area contributed by atoms with Gasteiger partial charge in [-0.15, -0.1) is 0 Å². The predicted molar refractivity (Wildman–Crippen MR) is 62.4 cm³/mol. The smallest absolute Gasteiger partial charge is 0.0383 e. The highest BCUT2D eigenvalue weighted by Crippen LogP contribution is 2.20. The summed E-state index contributed by atoms with van der Waals surface area (Å²) in [6.07, 6.45) is 1.86. The summed E-state index contributed by atoms with van der Waals surface area (Å²) in [7, 11) is 0. The highest BCUT2D eigenvalue weighted by molar-refractivity contribution is 9.10. The molecule has 1 nitrogen and oxygen atoms in total. The quantitative estimate of drug-likeness (QED) is 0.868. The molecule has 1 aromatic rings. The van der Waals surface area contributed by atoms with E-state index in [9.17, 15) is 0 Å². The van der Waals surface area contributed by atoms with Crippen LogP contribution in [0.2, 0.25) is 0 Å². The van der Waals surface area contributed by atoms with Gasteiger partial charge in [0.2, 0.25) is 0 Å². The van der Waals surface area contributed by atoms with E-state index in [-0.39, 0.29) is 0 Å². The first kappa shape index (κ1) is 10.6. The zero-order chi connectivity index (χ0) is 9.68. The molecular weight excluding hydrogens is 249 g/mol. The van der Waals surface area contributed by atoms with Crippen LogP contribution in [-0.2, 0) is 0 Å². The SMILES string of the molecule is Cc1ccc(Br)cc1NC/C=C/Cl. The molecule has 0 aliphatic heterocycles. The van der Waals surface area contributed by atoms with Crippen LogP contribution in [0.15, 0.2) is 34.3 Å². The lowest BCUT2D eigenvalue weighted by Crippen LogP contribution is -1.99. The minimum atomic E-state index is 0.751. The van der Waals surface area contributed by atoms with E-state index >= 15 is 0 Å². The van der Waals surface area contributed by atoms with E-state index in [0.717, 1.165) is 16.7 Å². The Balaban J connectivity index is 2.69. The first-order valence-corrected chi connectivity index (χ1v) is 5.22. The Labute approximate surface area is 91.9 Å². The summed E-state index contributed by atoms with van der Waals surface area (Å²) in [4.78, 5) is 0. The van der Waals surface area contributed by atoms with E-state index in [1.54, 1.807) is 0 Å². The van der Waals surface area contributed by atoms with Gasteiger partial charge in [-0.2, -0.15) is 0 Å². The predicted octanol–water partition coefficient (Wildman–Crippen LogP) is 3.92. The molecule has 1 aromatic carbocycles. The molecule has 0 fully saturated rings. The number of hydrogen-bond donors (Lipinski definition) is 1.